The monoisotopic (exact) mass is 425 g/mol. The topological polar surface area (TPSA) is 79.1 Å². The Morgan fingerprint density at radius 2 is 2.17 bits per heavy atom. The van der Waals surface area contributed by atoms with Crippen LogP contribution in [0.4, 0.5) is 5.69 Å². The number of nitrogens with one attached hydrogen (secondary N) is 2. The summed E-state index contributed by atoms with van der Waals surface area (Å²) in [7, 11) is 0. The highest BCUT2D eigenvalue weighted by molar-refractivity contribution is 14.0. The lowest BCUT2D eigenvalue weighted by Crippen LogP contribution is -2.23. The number of aromatic amines is 1. The van der Waals surface area contributed by atoms with Gasteiger partial charge in [0.15, 0.2) is 5.96 Å². The van der Waals surface area contributed by atoms with Gasteiger partial charge in [0.05, 0.1) is 6.20 Å². The molecule has 0 atom stereocenters. The average Bonchev–Trinajstić information content (AvgIpc) is 3.12. The normalized spacial score (nSPS) is 13.5. The maximum atomic E-state index is 5.96. The van der Waals surface area contributed by atoms with Crippen LogP contribution in [-0.2, 0) is 19.3 Å². The number of nitrogens with zero attached hydrogens (tertiary/aromatic N) is 2. The second kappa shape index (κ2) is 8.33. The molecule has 1 aliphatic carbocycles. The fraction of sp³-hybridized carbons (Fsp3) is 0.412. The van der Waals surface area contributed by atoms with E-state index in [0.29, 0.717) is 12.5 Å². The summed E-state index contributed by atoms with van der Waals surface area (Å²) in [6.07, 6.45) is 7.45. The summed E-state index contributed by atoms with van der Waals surface area (Å²) in [4.78, 5) is 4.39. The van der Waals surface area contributed by atoms with Crippen LogP contribution in [-0.4, -0.2) is 22.7 Å². The van der Waals surface area contributed by atoms with Crippen LogP contribution >= 0.6 is 24.0 Å². The smallest absolute Gasteiger partial charge is 0.193 e. The molecule has 0 fully saturated rings. The van der Waals surface area contributed by atoms with Crippen molar-refractivity contribution in [2.24, 2.45) is 10.7 Å². The molecule has 2 aromatic rings. The highest BCUT2D eigenvalue weighted by Crippen LogP contribution is 2.24. The van der Waals surface area contributed by atoms with Gasteiger partial charge in [0.2, 0.25) is 0 Å². The van der Waals surface area contributed by atoms with Crippen molar-refractivity contribution in [1.29, 1.82) is 0 Å². The van der Waals surface area contributed by atoms with Gasteiger partial charge in [-0.25, -0.2) is 0 Å². The number of H-pyrrole nitrogens is 1. The molecule has 6 heteroatoms. The fourth-order valence-electron chi connectivity index (χ4n) is 2.93. The van der Waals surface area contributed by atoms with Crippen molar-refractivity contribution in [3.8, 4) is 0 Å². The maximum absolute atomic E-state index is 5.96. The van der Waals surface area contributed by atoms with Crippen molar-refractivity contribution in [3.63, 3.8) is 0 Å². The largest absolute Gasteiger partial charge is 0.370 e. The van der Waals surface area contributed by atoms with Crippen LogP contribution in [0.15, 0.2) is 29.4 Å². The van der Waals surface area contributed by atoms with E-state index in [-0.39, 0.29) is 24.0 Å². The zero-order valence-corrected chi connectivity index (χ0v) is 15.8. The van der Waals surface area contributed by atoms with Crippen LogP contribution < -0.4 is 11.1 Å². The van der Waals surface area contributed by atoms with Crippen LogP contribution in [0.3, 0.4) is 0 Å². The molecule has 1 aliphatic rings. The Kier molecular flexibility index (Phi) is 6.44. The van der Waals surface area contributed by atoms with Gasteiger partial charge in [-0.05, 0) is 67.9 Å². The molecule has 0 amide bonds. The van der Waals surface area contributed by atoms with E-state index < -0.39 is 0 Å². The van der Waals surface area contributed by atoms with E-state index >= 15 is 0 Å². The van der Waals surface area contributed by atoms with Gasteiger partial charge in [-0.1, -0.05) is 6.07 Å². The van der Waals surface area contributed by atoms with Crippen LogP contribution in [0.5, 0.6) is 0 Å². The van der Waals surface area contributed by atoms with Gasteiger partial charge in [0, 0.05) is 17.9 Å². The number of fused-ring (bicyclic) bond motifs is 1. The van der Waals surface area contributed by atoms with Crippen molar-refractivity contribution in [2.75, 3.05) is 11.9 Å². The molecule has 3 rings (SSSR count). The molecule has 1 heterocycles. The third kappa shape index (κ3) is 4.70. The number of aliphatic imine (C=N–C) groups is 1. The molecule has 1 aromatic heterocycles. The molecule has 5 nitrogen and oxygen atoms in total. The number of aryl methyl sites for hydroxylation is 4. The zero-order chi connectivity index (χ0) is 15.4. The average molecular weight is 425 g/mol. The van der Waals surface area contributed by atoms with Gasteiger partial charge in [-0.3, -0.25) is 10.1 Å². The summed E-state index contributed by atoms with van der Waals surface area (Å²) in [5.41, 5.74) is 12.3. The van der Waals surface area contributed by atoms with E-state index in [2.05, 4.69) is 38.7 Å². The second-order valence-electron chi connectivity index (χ2n) is 5.85. The van der Waals surface area contributed by atoms with Gasteiger partial charge in [-0.15, -0.1) is 24.0 Å². The lowest BCUT2D eigenvalue weighted by atomic mass is 10.1. The van der Waals surface area contributed by atoms with Crippen LogP contribution in [0.25, 0.3) is 0 Å². The molecule has 0 saturated carbocycles. The first-order valence-corrected chi connectivity index (χ1v) is 7.90. The molecule has 0 bridgehead atoms. The van der Waals surface area contributed by atoms with Crippen LogP contribution in [0.1, 0.15) is 35.2 Å². The number of anilines is 1. The number of hydrogen-bond acceptors (Lipinski definition) is 2. The molecule has 1 aromatic carbocycles. The Morgan fingerprint density at radius 3 is 2.96 bits per heavy atom. The minimum Gasteiger partial charge on any atom is -0.370 e. The van der Waals surface area contributed by atoms with E-state index in [1.165, 1.54) is 36.0 Å². The Balaban J connectivity index is 0.00000192. The summed E-state index contributed by atoms with van der Waals surface area (Å²) in [6, 6.07) is 6.47. The third-order valence-electron chi connectivity index (χ3n) is 4.19. The Morgan fingerprint density at radius 1 is 1.35 bits per heavy atom. The highest BCUT2D eigenvalue weighted by atomic mass is 127. The molecule has 0 unspecified atom stereocenters. The molecule has 0 spiro atoms. The molecule has 124 valence electrons. The van der Waals surface area contributed by atoms with Crippen molar-refractivity contribution in [2.45, 2.75) is 39.0 Å². The minimum atomic E-state index is 0. The fourth-order valence-corrected chi connectivity index (χ4v) is 2.93. The second-order valence-corrected chi connectivity index (χ2v) is 5.85. The number of nitrogens with two attached hydrogens (primary N) is 1. The number of benzene rings is 1. The van der Waals surface area contributed by atoms with Gasteiger partial charge in [0.1, 0.15) is 0 Å². The molecular weight excluding hydrogens is 401 g/mol. The van der Waals surface area contributed by atoms with Crippen molar-refractivity contribution in [3.05, 3.63) is 46.8 Å². The summed E-state index contributed by atoms with van der Waals surface area (Å²) in [6.45, 7) is 2.75. The first-order valence-electron chi connectivity index (χ1n) is 7.90. The van der Waals surface area contributed by atoms with Gasteiger partial charge < -0.3 is 11.1 Å². The first kappa shape index (κ1) is 17.8. The van der Waals surface area contributed by atoms with E-state index in [9.17, 15) is 0 Å². The van der Waals surface area contributed by atoms with Crippen molar-refractivity contribution in [1.82, 2.24) is 10.2 Å². The SMILES string of the molecule is Cc1[nH]ncc1CCCN=C(N)Nc1ccc2c(c1)CCC2.I. The minimum absolute atomic E-state index is 0. The first-order chi connectivity index (χ1) is 10.7. The highest BCUT2D eigenvalue weighted by Gasteiger charge is 2.10. The predicted octanol–water partition coefficient (Wildman–Crippen LogP) is 3.18. The summed E-state index contributed by atoms with van der Waals surface area (Å²) in [5.74, 6) is 0.488. The van der Waals surface area contributed by atoms with Gasteiger partial charge in [-0.2, -0.15) is 5.10 Å². The number of rotatable bonds is 5. The molecular formula is C17H24IN5. The molecule has 0 radical (unpaired) electrons. The van der Waals surface area contributed by atoms with E-state index in [4.69, 9.17) is 5.73 Å². The zero-order valence-electron chi connectivity index (χ0n) is 13.4. The lowest BCUT2D eigenvalue weighted by molar-refractivity contribution is 0.828. The summed E-state index contributed by atoms with van der Waals surface area (Å²) in [5, 5.41) is 10.2. The maximum Gasteiger partial charge on any atom is 0.193 e. The van der Waals surface area contributed by atoms with E-state index in [1.54, 1.807) is 0 Å². The Labute approximate surface area is 154 Å². The quantitative estimate of drug-likeness (QED) is 0.298. The van der Waals surface area contributed by atoms with Crippen LogP contribution in [0.2, 0.25) is 0 Å². The third-order valence-corrected chi connectivity index (χ3v) is 4.19. The summed E-state index contributed by atoms with van der Waals surface area (Å²) >= 11 is 0. The lowest BCUT2D eigenvalue weighted by Gasteiger charge is -2.08. The van der Waals surface area contributed by atoms with Gasteiger partial charge >= 0.3 is 0 Å². The number of halogens is 1. The van der Waals surface area contributed by atoms with E-state index in [0.717, 1.165) is 24.2 Å². The van der Waals surface area contributed by atoms with Gasteiger partial charge in [0.25, 0.3) is 0 Å². The predicted molar refractivity (Wildman–Crippen MR) is 106 cm³/mol. The Hall–Kier alpha value is -1.57. The van der Waals surface area contributed by atoms with Crippen molar-refractivity contribution < 1.29 is 0 Å². The molecule has 0 saturated heterocycles. The Bertz CT molecular complexity index is 677. The number of hydrogen-bond donors (Lipinski definition) is 3. The van der Waals surface area contributed by atoms with Crippen molar-refractivity contribution >= 4 is 35.6 Å². The number of guanidine groups is 1. The molecule has 23 heavy (non-hydrogen) atoms. The standard InChI is InChI=1S/C17H23N5.HI/c1-12-15(11-20-22-12)6-3-9-19-17(18)21-16-8-7-13-4-2-5-14(13)10-16;/h7-8,10-11H,2-6,9H2,1H3,(H,20,22)(H3,18,19,21);1H. The molecule has 4 N–H and O–H groups in total. The number of aromatic nitrogens is 2. The van der Waals surface area contributed by atoms with E-state index in [1.807, 2.05) is 13.1 Å². The summed E-state index contributed by atoms with van der Waals surface area (Å²) < 4.78 is 0. The molecule has 0 aliphatic heterocycles. The van der Waals surface area contributed by atoms with Crippen LogP contribution in [0, 0.1) is 6.92 Å².